The lowest BCUT2D eigenvalue weighted by molar-refractivity contribution is -0.386. The van der Waals surface area contributed by atoms with E-state index >= 15 is 0 Å². The molecule has 0 bridgehead atoms. The van der Waals surface area contributed by atoms with Crippen LogP contribution in [-0.2, 0) is 6.54 Å². The van der Waals surface area contributed by atoms with Crippen LogP contribution >= 0.6 is 0 Å². The van der Waals surface area contributed by atoms with Crippen molar-refractivity contribution in [2.24, 2.45) is 0 Å². The predicted molar refractivity (Wildman–Crippen MR) is 132 cm³/mol. The van der Waals surface area contributed by atoms with Crippen molar-refractivity contribution in [2.75, 3.05) is 31.6 Å². The number of benzene rings is 2. The quantitative estimate of drug-likeness (QED) is 0.332. The summed E-state index contributed by atoms with van der Waals surface area (Å²) in [7, 11) is 0. The molecule has 0 fully saturated rings. The summed E-state index contributed by atoms with van der Waals surface area (Å²) in [5.41, 5.74) is 3.02. The first kappa shape index (κ1) is 24.9. The Labute approximate surface area is 199 Å². The van der Waals surface area contributed by atoms with E-state index < -0.39 is 4.92 Å². The van der Waals surface area contributed by atoms with Crippen LogP contribution in [0.4, 0.5) is 11.4 Å². The maximum atomic E-state index is 12.6. The van der Waals surface area contributed by atoms with Crippen LogP contribution in [-0.4, -0.2) is 51.8 Å². The standard InChI is InChI=1S/C25H31N5O4/c1-5-28(6-2)15-16-34-23-13-11-22(12-14-23)26-25(31)21-9-7-20(8-10-21)17-29-19(4)24(30(32)33)18(3)27-29/h7-14H,5-6,15-17H2,1-4H3,(H,26,31). The Hall–Kier alpha value is -3.72. The first-order chi connectivity index (χ1) is 16.3. The van der Waals surface area contributed by atoms with Crippen molar-refractivity contribution in [1.29, 1.82) is 0 Å². The van der Waals surface area contributed by atoms with Gasteiger partial charge in [0.25, 0.3) is 5.91 Å². The molecule has 34 heavy (non-hydrogen) atoms. The van der Waals surface area contributed by atoms with Gasteiger partial charge in [0.05, 0.1) is 11.5 Å². The number of nitrogens with zero attached hydrogens (tertiary/aromatic N) is 4. The fraction of sp³-hybridized carbons (Fsp3) is 0.360. The highest BCUT2D eigenvalue weighted by atomic mass is 16.6. The zero-order valence-corrected chi connectivity index (χ0v) is 20.1. The zero-order chi connectivity index (χ0) is 24.7. The molecule has 0 aliphatic carbocycles. The second-order valence-corrected chi connectivity index (χ2v) is 7.98. The van der Waals surface area contributed by atoms with E-state index in [2.05, 4.69) is 29.2 Å². The van der Waals surface area contributed by atoms with Gasteiger partial charge in [-0.25, -0.2) is 0 Å². The maximum Gasteiger partial charge on any atom is 0.312 e. The Morgan fingerprint density at radius 1 is 1.09 bits per heavy atom. The molecule has 3 rings (SSSR count). The highest BCUT2D eigenvalue weighted by Gasteiger charge is 2.21. The molecular formula is C25H31N5O4. The smallest absolute Gasteiger partial charge is 0.312 e. The Bertz CT molecular complexity index is 1120. The molecule has 180 valence electrons. The SMILES string of the molecule is CCN(CC)CCOc1ccc(NC(=O)c2ccc(Cn3nc(C)c([N+](=O)[O-])c3C)cc2)cc1. The lowest BCUT2D eigenvalue weighted by Gasteiger charge is -2.18. The summed E-state index contributed by atoms with van der Waals surface area (Å²) in [4.78, 5) is 25.7. The monoisotopic (exact) mass is 465 g/mol. The van der Waals surface area contributed by atoms with Crippen LogP contribution in [0.5, 0.6) is 5.75 Å². The van der Waals surface area contributed by atoms with Crippen molar-refractivity contribution < 1.29 is 14.5 Å². The van der Waals surface area contributed by atoms with Crippen molar-refractivity contribution in [3.05, 3.63) is 81.2 Å². The van der Waals surface area contributed by atoms with Crippen LogP contribution in [0.15, 0.2) is 48.5 Å². The van der Waals surface area contributed by atoms with Crippen LogP contribution in [0.1, 0.15) is 41.2 Å². The average Bonchev–Trinajstić information content (AvgIpc) is 3.11. The normalized spacial score (nSPS) is 11.0. The van der Waals surface area contributed by atoms with Crippen molar-refractivity contribution in [1.82, 2.24) is 14.7 Å². The number of aromatic nitrogens is 2. The number of carbonyl (C=O) groups is 1. The largest absolute Gasteiger partial charge is 0.492 e. The first-order valence-electron chi connectivity index (χ1n) is 11.4. The zero-order valence-electron chi connectivity index (χ0n) is 20.1. The number of hydrogen-bond acceptors (Lipinski definition) is 6. The molecule has 0 spiro atoms. The van der Waals surface area contributed by atoms with Gasteiger partial charge in [-0.1, -0.05) is 26.0 Å². The molecule has 0 saturated carbocycles. The van der Waals surface area contributed by atoms with Crippen molar-refractivity contribution >= 4 is 17.3 Å². The van der Waals surface area contributed by atoms with Gasteiger partial charge in [-0.15, -0.1) is 0 Å². The summed E-state index contributed by atoms with van der Waals surface area (Å²) in [5.74, 6) is 0.544. The molecule has 1 N–H and O–H groups in total. The summed E-state index contributed by atoms with van der Waals surface area (Å²) in [6, 6.07) is 14.4. The third-order valence-corrected chi connectivity index (χ3v) is 5.76. The second kappa shape index (κ2) is 11.4. The summed E-state index contributed by atoms with van der Waals surface area (Å²) in [6.07, 6.45) is 0. The van der Waals surface area contributed by atoms with Gasteiger partial charge >= 0.3 is 5.69 Å². The van der Waals surface area contributed by atoms with E-state index in [1.165, 1.54) is 0 Å². The minimum absolute atomic E-state index is 0.0382. The third kappa shape index (κ3) is 6.20. The summed E-state index contributed by atoms with van der Waals surface area (Å²) < 4.78 is 7.38. The van der Waals surface area contributed by atoms with E-state index in [1.807, 2.05) is 36.4 Å². The third-order valence-electron chi connectivity index (χ3n) is 5.76. The van der Waals surface area contributed by atoms with Crippen LogP contribution < -0.4 is 10.1 Å². The van der Waals surface area contributed by atoms with Gasteiger partial charge in [-0.05, 0) is 68.9 Å². The second-order valence-electron chi connectivity index (χ2n) is 7.98. The fourth-order valence-corrected chi connectivity index (χ4v) is 3.71. The molecular weight excluding hydrogens is 434 g/mol. The lowest BCUT2D eigenvalue weighted by atomic mass is 10.1. The molecule has 0 atom stereocenters. The van der Waals surface area contributed by atoms with E-state index in [1.54, 1.807) is 30.7 Å². The van der Waals surface area contributed by atoms with Gasteiger partial charge in [0.2, 0.25) is 0 Å². The van der Waals surface area contributed by atoms with Crippen LogP contribution in [0.3, 0.4) is 0 Å². The number of carbonyl (C=O) groups excluding carboxylic acids is 1. The molecule has 9 nitrogen and oxygen atoms in total. The molecule has 3 aromatic rings. The molecule has 0 unspecified atom stereocenters. The van der Waals surface area contributed by atoms with Crippen molar-refractivity contribution in [2.45, 2.75) is 34.2 Å². The van der Waals surface area contributed by atoms with Crippen molar-refractivity contribution in [3.63, 3.8) is 0 Å². The van der Waals surface area contributed by atoms with Crippen LogP contribution in [0.25, 0.3) is 0 Å². The summed E-state index contributed by atoms with van der Waals surface area (Å²) in [5, 5.41) is 18.3. The Morgan fingerprint density at radius 3 is 2.29 bits per heavy atom. The molecule has 0 radical (unpaired) electrons. The first-order valence-corrected chi connectivity index (χ1v) is 11.4. The minimum Gasteiger partial charge on any atom is -0.492 e. The number of hydrogen-bond donors (Lipinski definition) is 1. The van der Waals surface area contributed by atoms with E-state index in [0.717, 1.165) is 30.9 Å². The van der Waals surface area contributed by atoms with Gasteiger partial charge in [0.15, 0.2) is 0 Å². The number of nitrogens with one attached hydrogen (secondary N) is 1. The Kier molecular flexibility index (Phi) is 8.37. The number of nitro groups is 1. The van der Waals surface area contributed by atoms with Gasteiger partial charge in [-0.2, -0.15) is 5.10 Å². The highest BCUT2D eigenvalue weighted by molar-refractivity contribution is 6.04. The van der Waals surface area contributed by atoms with Crippen molar-refractivity contribution in [3.8, 4) is 5.75 Å². The fourth-order valence-electron chi connectivity index (χ4n) is 3.71. The molecule has 9 heteroatoms. The molecule has 0 saturated heterocycles. The number of anilines is 1. The lowest BCUT2D eigenvalue weighted by Crippen LogP contribution is -2.27. The topological polar surface area (TPSA) is 103 Å². The van der Waals surface area contributed by atoms with E-state index in [9.17, 15) is 14.9 Å². The number of likely N-dealkylation sites (N-methyl/N-ethyl adjacent to an activating group) is 1. The van der Waals surface area contributed by atoms with E-state index in [-0.39, 0.29) is 11.6 Å². The van der Waals surface area contributed by atoms with Gasteiger partial charge < -0.3 is 15.0 Å². The van der Waals surface area contributed by atoms with Gasteiger partial charge in [0.1, 0.15) is 23.7 Å². The van der Waals surface area contributed by atoms with Gasteiger partial charge in [-0.3, -0.25) is 19.6 Å². The van der Waals surface area contributed by atoms with Gasteiger partial charge in [0, 0.05) is 17.8 Å². The minimum atomic E-state index is -0.410. The summed E-state index contributed by atoms with van der Waals surface area (Å²) in [6.45, 7) is 11.4. The molecule has 0 aliphatic heterocycles. The molecule has 2 aromatic carbocycles. The van der Waals surface area contributed by atoms with E-state index in [4.69, 9.17) is 4.74 Å². The number of ether oxygens (including phenoxy) is 1. The summed E-state index contributed by atoms with van der Waals surface area (Å²) >= 11 is 0. The number of rotatable bonds is 11. The predicted octanol–water partition coefficient (Wildman–Crippen LogP) is 4.43. The Balaban J connectivity index is 1.56. The number of aryl methyl sites for hydroxylation is 1. The number of amides is 1. The molecule has 0 aliphatic rings. The molecule has 1 heterocycles. The molecule has 1 amide bonds. The van der Waals surface area contributed by atoms with Crippen LogP contribution in [0.2, 0.25) is 0 Å². The highest BCUT2D eigenvalue weighted by Crippen LogP contribution is 2.23. The maximum absolute atomic E-state index is 12.6. The Morgan fingerprint density at radius 2 is 1.74 bits per heavy atom. The van der Waals surface area contributed by atoms with E-state index in [0.29, 0.717) is 35.8 Å². The average molecular weight is 466 g/mol. The molecule has 1 aromatic heterocycles. The van der Waals surface area contributed by atoms with Crippen LogP contribution in [0, 0.1) is 24.0 Å².